The van der Waals surface area contributed by atoms with Gasteiger partial charge in [-0.15, -0.1) is 0 Å². The van der Waals surface area contributed by atoms with Crippen LogP contribution < -0.4 is 5.32 Å². The van der Waals surface area contributed by atoms with Crippen molar-refractivity contribution in [3.8, 4) is 0 Å². The molecule has 1 unspecified atom stereocenters. The smallest absolute Gasteiger partial charge is 0.227 e. The summed E-state index contributed by atoms with van der Waals surface area (Å²) in [5, 5.41) is 8.75. The van der Waals surface area contributed by atoms with E-state index in [2.05, 4.69) is 20.5 Å². The first kappa shape index (κ1) is 10.6. The lowest BCUT2D eigenvalue weighted by molar-refractivity contribution is -0.117. The molecule has 14 heavy (non-hydrogen) atoms. The van der Waals surface area contributed by atoms with Gasteiger partial charge in [0, 0.05) is 20.1 Å². The zero-order chi connectivity index (χ0) is 10.4. The molecular formula is C8H14N4O2. The second-order valence-electron chi connectivity index (χ2n) is 3.15. The van der Waals surface area contributed by atoms with Crippen LogP contribution in [0.2, 0.25) is 0 Å². The summed E-state index contributed by atoms with van der Waals surface area (Å²) in [7, 11) is 1.62. The van der Waals surface area contributed by atoms with Gasteiger partial charge in [-0.05, 0) is 5.92 Å². The minimum Gasteiger partial charge on any atom is -0.384 e. The van der Waals surface area contributed by atoms with E-state index in [0.717, 1.165) is 0 Å². The molecule has 0 radical (unpaired) electrons. The Balaban J connectivity index is 2.29. The Morgan fingerprint density at radius 2 is 2.57 bits per heavy atom. The van der Waals surface area contributed by atoms with Crippen molar-refractivity contribution in [1.29, 1.82) is 0 Å². The number of hydrogen-bond donors (Lipinski definition) is 2. The number of carbonyl (C=O) groups excluding carboxylic acids is 1. The zero-order valence-electron chi connectivity index (χ0n) is 8.28. The third-order valence-electron chi connectivity index (χ3n) is 1.66. The zero-order valence-corrected chi connectivity index (χ0v) is 8.28. The van der Waals surface area contributed by atoms with Crippen LogP contribution in [-0.4, -0.2) is 34.8 Å². The summed E-state index contributed by atoms with van der Waals surface area (Å²) in [6.07, 6.45) is 1.75. The SMILES string of the molecule is COCC(C)CC(=O)Nc1ncn[nH]1. The largest absolute Gasteiger partial charge is 0.384 e. The molecule has 6 nitrogen and oxygen atoms in total. The fraction of sp³-hybridized carbons (Fsp3) is 0.625. The van der Waals surface area contributed by atoms with Crippen molar-refractivity contribution < 1.29 is 9.53 Å². The number of methoxy groups -OCH3 is 1. The molecule has 1 heterocycles. The molecule has 1 amide bonds. The molecular weight excluding hydrogens is 184 g/mol. The maximum absolute atomic E-state index is 11.3. The minimum atomic E-state index is -0.0914. The summed E-state index contributed by atoms with van der Waals surface area (Å²) in [5.74, 6) is 0.480. The van der Waals surface area contributed by atoms with Gasteiger partial charge in [0.2, 0.25) is 11.9 Å². The molecule has 0 aromatic carbocycles. The molecule has 1 rings (SSSR count). The Bertz CT molecular complexity index is 273. The Hall–Kier alpha value is -1.43. The summed E-state index contributed by atoms with van der Waals surface area (Å²) in [5.41, 5.74) is 0. The van der Waals surface area contributed by atoms with E-state index in [4.69, 9.17) is 4.74 Å². The average Bonchev–Trinajstić information content (AvgIpc) is 2.56. The van der Waals surface area contributed by atoms with E-state index in [-0.39, 0.29) is 11.8 Å². The molecule has 1 atom stereocenters. The van der Waals surface area contributed by atoms with Gasteiger partial charge < -0.3 is 4.74 Å². The summed E-state index contributed by atoms with van der Waals surface area (Å²) in [4.78, 5) is 15.1. The van der Waals surface area contributed by atoms with E-state index in [1.165, 1.54) is 6.33 Å². The van der Waals surface area contributed by atoms with Crippen LogP contribution in [0.4, 0.5) is 5.95 Å². The fourth-order valence-corrected chi connectivity index (χ4v) is 1.11. The highest BCUT2D eigenvalue weighted by molar-refractivity contribution is 5.88. The lowest BCUT2D eigenvalue weighted by Crippen LogP contribution is -2.18. The molecule has 0 aliphatic rings. The highest BCUT2D eigenvalue weighted by atomic mass is 16.5. The molecule has 2 N–H and O–H groups in total. The van der Waals surface area contributed by atoms with Gasteiger partial charge in [-0.25, -0.2) is 5.10 Å². The van der Waals surface area contributed by atoms with Crippen molar-refractivity contribution in [2.75, 3.05) is 19.0 Å². The molecule has 1 aromatic rings. The van der Waals surface area contributed by atoms with Crippen LogP contribution in [0.25, 0.3) is 0 Å². The second-order valence-corrected chi connectivity index (χ2v) is 3.15. The number of amides is 1. The van der Waals surface area contributed by atoms with Gasteiger partial charge in [0.15, 0.2) is 0 Å². The molecule has 6 heteroatoms. The molecule has 0 aliphatic carbocycles. The normalized spacial score (nSPS) is 12.4. The Morgan fingerprint density at radius 3 is 3.14 bits per heavy atom. The fourth-order valence-electron chi connectivity index (χ4n) is 1.11. The second kappa shape index (κ2) is 5.33. The van der Waals surface area contributed by atoms with E-state index in [1.54, 1.807) is 7.11 Å². The van der Waals surface area contributed by atoms with Gasteiger partial charge in [-0.1, -0.05) is 6.92 Å². The van der Waals surface area contributed by atoms with Crippen molar-refractivity contribution in [1.82, 2.24) is 15.2 Å². The Morgan fingerprint density at radius 1 is 1.79 bits per heavy atom. The number of H-pyrrole nitrogens is 1. The predicted molar refractivity (Wildman–Crippen MR) is 50.7 cm³/mol. The molecule has 0 spiro atoms. The van der Waals surface area contributed by atoms with Crippen LogP contribution in [0.15, 0.2) is 6.33 Å². The maximum atomic E-state index is 11.3. The number of nitrogens with one attached hydrogen (secondary N) is 2. The van der Waals surface area contributed by atoms with Crippen molar-refractivity contribution in [3.05, 3.63) is 6.33 Å². The number of nitrogens with zero attached hydrogens (tertiary/aromatic N) is 2. The Kier molecular flexibility index (Phi) is 4.06. The van der Waals surface area contributed by atoms with Gasteiger partial charge in [-0.3, -0.25) is 10.1 Å². The van der Waals surface area contributed by atoms with Crippen LogP contribution in [-0.2, 0) is 9.53 Å². The van der Waals surface area contributed by atoms with Gasteiger partial charge in [0.1, 0.15) is 6.33 Å². The number of aromatic nitrogens is 3. The predicted octanol–water partition coefficient (Wildman–Crippen LogP) is 0.416. The molecule has 0 aliphatic heterocycles. The molecule has 0 fully saturated rings. The first-order valence-corrected chi connectivity index (χ1v) is 4.36. The van der Waals surface area contributed by atoms with E-state index in [1.807, 2.05) is 6.92 Å². The summed E-state index contributed by atoms with van der Waals surface area (Å²) >= 11 is 0. The van der Waals surface area contributed by atoms with Crippen LogP contribution in [0.5, 0.6) is 0 Å². The standard InChI is InChI=1S/C8H14N4O2/c1-6(4-14-2)3-7(13)11-8-9-5-10-12-8/h5-6H,3-4H2,1-2H3,(H2,9,10,11,12,13). The third kappa shape index (κ3) is 3.53. The molecule has 0 saturated heterocycles. The average molecular weight is 198 g/mol. The van der Waals surface area contributed by atoms with E-state index >= 15 is 0 Å². The molecule has 0 bridgehead atoms. The highest BCUT2D eigenvalue weighted by Gasteiger charge is 2.09. The van der Waals surface area contributed by atoms with Gasteiger partial charge >= 0.3 is 0 Å². The van der Waals surface area contributed by atoms with Crippen molar-refractivity contribution in [2.24, 2.45) is 5.92 Å². The molecule has 0 saturated carbocycles. The monoisotopic (exact) mass is 198 g/mol. The van der Waals surface area contributed by atoms with E-state index in [0.29, 0.717) is 19.0 Å². The third-order valence-corrected chi connectivity index (χ3v) is 1.66. The van der Waals surface area contributed by atoms with Crippen LogP contribution in [0.1, 0.15) is 13.3 Å². The van der Waals surface area contributed by atoms with Gasteiger partial charge in [0.05, 0.1) is 0 Å². The van der Waals surface area contributed by atoms with Crippen molar-refractivity contribution >= 4 is 11.9 Å². The van der Waals surface area contributed by atoms with Crippen LogP contribution in [0, 0.1) is 5.92 Å². The number of hydrogen-bond acceptors (Lipinski definition) is 4. The number of ether oxygens (including phenoxy) is 1. The van der Waals surface area contributed by atoms with Crippen molar-refractivity contribution in [3.63, 3.8) is 0 Å². The van der Waals surface area contributed by atoms with Crippen LogP contribution in [0.3, 0.4) is 0 Å². The minimum absolute atomic E-state index is 0.0914. The lowest BCUT2D eigenvalue weighted by atomic mass is 10.1. The van der Waals surface area contributed by atoms with Crippen molar-refractivity contribution in [2.45, 2.75) is 13.3 Å². The first-order valence-electron chi connectivity index (χ1n) is 4.36. The summed E-state index contributed by atoms with van der Waals surface area (Å²) in [6.45, 7) is 2.52. The first-order chi connectivity index (χ1) is 6.72. The van der Waals surface area contributed by atoms with E-state index in [9.17, 15) is 4.79 Å². The number of rotatable bonds is 5. The van der Waals surface area contributed by atoms with Gasteiger partial charge in [0.25, 0.3) is 0 Å². The number of carbonyl (C=O) groups is 1. The van der Waals surface area contributed by atoms with Gasteiger partial charge in [-0.2, -0.15) is 10.1 Å². The topological polar surface area (TPSA) is 79.9 Å². The lowest BCUT2D eigenvalue weighted by Gasteiger charge is -2.08. The summed E-state index contributed by atoms with van der Waals surface area (Å²) < 4.78 is 4.92. The number of aromatic amines is 1. The quantitative estimate of drug-likeness (QED) is 0.718. The maximum Gasteiger partial charge on any atom is 0.227 e. The van der Waals surface area contributed by atoms with Crippen LogP contribution >= 0.6 is 0 Å². The molecule has 78 valence electrons. The Labute approximate surface area is 82.1 Å². The number of anilines is 1. The van der Waals surface area contributed by atoms with E-state index < -0.39 is 0 Å². The summed E-state index contributed by atoms with van der Waals surface area (Å²) in [6, 6.07) is 0. The highest BCUT2D eigenvalue weighted by Crippen LogP contribution is 2.04. The molecule has 1 aromatic heterocycles.